The summed E-state index contributed by atoms with van der Waals surface area (Å²) in [5.74, 6) is 1.40. The Kier molecular flexibility index (Phi) is 4.66. The van der Waals surface area contributed by atoms with E-state index < -0.39 is 0 Å². The molecular weight excluding hydrogens is 238 g/mol. The van der Waals surface area contributed by atoms with E-state index in [1.54, 1.807) is 6.20 Å². The molecule has 100 valence electrons. The van der Waals surface area contributed by atoms with Crippen LogP contribution in [0.3, 0.4) is 0 Å². The van der Waals surface area contributed by atoms with E-state index in [9.17, 15) is 0 Å². The summed E-state index contributed by atoms with van der Waals surface area (Å²) >= 11 is 0. The van der Waals surface area contributed by atoms with Crippen LogP contribution < -0.4 is 10.2 Å². The van der Waals surface area contributed by atoms with Crippen LogP contribution >= 0.6 is 0 Å². The summed E-state index contributed by atoms with van der Waals surface area (Å²) in [6, 6.07) is 10.2. The molecule has 2 aromatic rings. The van der Waals surface area contributed by atoms with Crippen molar-refractivity contribution in [1.82, 2.24) is 15.2 Å². The minimum absolute atomic E-state index is 0.630. The molecule has 1 aromatic heterocycles. The highest BCUT2D eigenvalue weighted by molar-refractivity contribution is 5.38. The first-order valence-electron chi connectivity index (χ1n) is 6.48. The van der Waals surface area contributed by atoms with Crippen LogP contribution in [-0.4, -0.2) is 28.8 Å². The van der Waals surface area contributed by atoms with Crippen molar-refractivity contribution >= 4 is 11.8 Å². The lowest BCUT2D eigenvalue weighted by molar-refractivity contribution is 0.826. The lowest BCUT2D eigenvalue weighted by Gasteiger charge is -2.17. The number of aromatic nitrogens is 3. The summed E-state index contributed by atoms with van der Waals surface area (Å²) in [5, 5.41) is 11.3. The van der Waals surface area contributed by atoms with Gasteiger partial charge in [-0.2, -0.15) is 10.1 Å². The number of nitrogens with zero attached hydrogens (tertiary/aromatic N) is 4. The molecule has 0 spiro atoms. The van der Waals surface area contributed by atoms with Crippen LogP contribution in [0.5, 0.6) is 0 Å². The molecule has 0 saturated carbocycles. The standard InChI is InChI=1S/C14H19N5/c1-3-9-15-13-10-16-18-14(17-13)19(2)11-12-7-5-4-6-8-12/h4-8,10H,3,9,11H2,1-2H3,(H,15,17,18). The van der Waals surface area contributed by atoms with Gasteiger partial charge in [-0.3, -0.25) is 0 Å². The van der Waals surface area contributed by atoms with Gasteiger partial charge in [-0.25, -0.2) is 0 Å². The van der Waals surface area contributed by atoms with E-state index >= 15 is 0 Å². The highest BCUT2D eigenvalue weighted by atomic mass is 15.3. The van der Waals surface area contributed by atoms with Gasteiger partial charge in [0.1, 0.15) is 0 Å². The first-order chi connectivity index (χ1) is 9.29. The topological polar surface area (TPSA) is 53.9 Å². The second-order valence-electron chi connectivity index (χ2n) is 4.41. The van der Waals surface area contributed by atoms with Crippen molar-refractivity contribution in [2.45, 2.75) is 19.9 Å². The van der Waals surface area contributed by atoms with Crippen LogP contribution in [-0.2, 0) is 6.54 Å². The van der Waals surface area contributed by atoms with Crippen LogP contribution in [0.2, 0.25) is 0 Å². The molecule has 0 atom stereocenters. The Morgan fingerprint density at radius 3 is 2.74 bits per heavy atom. The fourth-order valence-corrected chi connectivity index (χ4v) is 1.72. The van der Waals surface area contributed by atoms with Crippen molar-refractivity contribution in [3.05, 3.63) is 42.1 Å². The number of rotatable bonds is 6. The lowest BCUT2D eigenvalue weighted by atomic mass is 10.2. The van der Waals surface area contributed by atoms with Gasteiger partial charge in [-0.1, -0.05) is 37.3 Å². The molecule has 1 N–H and O–H groups in total. The number of benzene rings is 1. The van der Waals surface area contributed by atoms with Crippen LogP contribution in [0.4, 0.5) is 11.8 Å². The second kappa shape index (κ2) is 6.68. The number of anilines is 2. The summed E-state index contributed by atoms with van der Waals surface area (Å²) in [6.07, 6.45) is 2.70. The lowest BCUT2D eigenvalue weighted by Crippen LogP contribution is -2.20. The minimum atomic E-state index is 0.630. The Balaban J connectivity index is 2.04. The molecule has 0 bridgehead atoms. The monoisotopic (exact) mass is 257 g/mol. The number of hydrogen-bond donors (Lipinski definition) is 1. The molecule has 0 aliphatic carbocycles. The fourth-order valence-electron chi connectivity index (χ4n) is 1.72. The highest BCUT2D eigenvalue weighted by Crippen LogP contribution is 2.11. The van der Waals surface area contributed by atoms with Gasteiger partial charge in [-0.15, -0.1) is 5.10 Å². The average Bonchev–Trinajstić information content (AvgIpc) is 2.46. The molecule has 2 rings (SSSR count). The second-order valence-corrected chi connectivity index (χ2v) is 4.41. The van der Waals surface area contributed by atoms with Gasteiger partial charge in [-0.05, 0) is 12.0 Å². The minimum Gasteiger partial charge on any atom is -0.369 e. The third kappa shape index (κ3) is 3.91. The Morgan fingerprint density at radius 1 is 1.21 bits per heavy atom. The molecule has 0 amide bonds. The maximum Gasteiger partial charge on any atom is 0.247 e. The number of hydrogen-bond acceptors (Lipinski definition) is 5. The van der Waals surface area contributed by atoms with Gasteiger partial charge >= 0.3 is 0 Å². The highest BCUT2D eigenvalue weighted by Gasteiger charge is 2.06. The maximum absolute atomic E-state index is 4.45. The average molecular weight is 257 g/mol. The summed E-state index contributed by atoms with van der Waals surface area (Å²) in [5.41, 5.74) is 1.22. The Hall–Kier alpha value is -2.17. The molecule has 1 aromatic carbocycles. The van der Waals surface area contributed by atoms with Crippen molar-refractivity contribution in [2.75, 3.05) is 23.8 Å². The smallest absolute Gasteiger partial charge is 0.247 e. The van der Waals surface area contributed by atoms with Crippen molar-refractivity contribution < 1.29 is 0 Å². The maximum atomic E-state index is 4.45. The van der Waals surface area contributed by atoms with Gasteiger partial charge < -0.3 is 10.2 Å². The Morgan fingerprint density at radius 2 is 2.00 bits per heavy atom. The zero-order valence-corrected chi connectivity index (χ0v) is 11.4. The van der Waals surface area contributed by atoms with Crippen molar-refractivity contribution in [3.63, 3.8) is 0 Å². The van der Waals surface area contributed by atoms with Gasteiger partial charge in [0.15, 0.2) is 5.82 Å². The van der Waals surface area contributed by atoms with E-state index in [0.717, 1.165) is 25.3 Å². The third-order valence-electron chi connectivity index (χ3n) is 2.71. The summed E-state index contributed by atoms with van der Waals surface area (Å²) in [7, 11) is 1.97. The molecule has 0 aliphatic heterocycles. The molecule has 19 heavy (non-hydrogen) atoms. The zero-order chi connectivity index (χ0) is 13.5. The zero-order valence-electron chi connectivity index (χ0n) is 11.4. The summed E-state index contributed by atoms with van der Waals surface area (Å²) in [6.45, 7) is 3.77. The van der Waals surface area contributed by atoms with Crippen molar-refractivity contribution in [1.29, 1.82) is 0 Å². The molecule has 0 unspecified atom stereocenters. The fraction of sp³-hybridized carbons (Fsp3) is 0.357. The van der Waals surface area contributed by atoms with Gasteiger partial charge in [0.05, 0.1) is 6.20 Å². The van der Waals surface area contributed by atoms with Crippen molar-refractivity contribution in [3.8, 4) is 0 Å². The molecule has 1 heterocycles. The van der Waals surface area contributed by atoms with Gasteiger partial charge in [0.2, 0.25) is 5.95 Å². The van der Waals surface area contributed by atoms with E-state index in [4.69, 9.17) is 0 Å². The predicted molar refractivity (Wildman–Crippen MR) is 77.2 cm³/mol. The Bertz CT molecular complexity index is 500. The first kappa shape index (κ1) is 13.3. The van der Waals surface area contributed by atoms with E-state index in [1.807, 2.05) is 30.1 Å². The quantitative estimate of drug-likeness (QED) is 0.860. The van der Waals surface area contributed by atoms with E-state index in [2.05, 4.69) is 39.6 Å². The first-order valence-corrected chi connectivity index (χ1v) is 6.48. The predicted octanol–water partition coefficient (Wildman–Crippen LogP) is 2.33. The molecule has 5 heteroatoms. The largest absolute Gasteiger partial charge is 0.369 e. The van der Waals surface area contributed by atoms with E-state index in [0.29, 0.717) is 5.95 Å². The van der Waals surface area contributed by atoms with Crippen molar-refractivity contribution in [2.24, 2.45) is 0 Å². The third-order valence-corrected chi connectivity index (χ3v) is 2.71. The van der Waals surface area contributed by atoms with Crippen LogP contribution in [0, 0.1) is 0 Å². The molecule has 5 nitrogen and oxygen atoms in total. The molecule has 0 aliphatic rings. The van der Waals surface area contributed by atoms with E-state index in [-0.39, 0.29) is 0 Å². The van der Waals surface area contributed by atoms with Crippen LogP contribution in [0.15, 0.2) is 36.5 Å². The van der Waals surface area contributed by atoms with Gasteiger partial charge in [0.25, 0.3) is 0 Å². The summed E-state index contributed by atoms with van der Waals surface area (Å²) in [4.78, 5) is 6.43. The Labute approximate surface area is 113 Å². The van der Waals surface area contributed by atoms with E-state index in [1.165, 1.54) is 5.56 Å². The molecular formula is C14H19N5. The van der Waals surface area contributed by atoms with Crippen LogP contribution in [0.25, 0.3) is 0 Å². The molecule has 0 fully saturated rings. The van der Waals surface area contributed by atoms with Crippen LogP contribution in [0.1, 0.15) is 18.9 Å². The summed E-state index contributed by atoms with van der Waals surface area (Å²) < 4.78 is 0. The SMILES string of the molecule is CCCNc1cnnc(N(C)Cc2ccccc2)n1. The van der Waals surface area contributed by atoms with Gasteiger partial charge in [0, 0.05) is 20.1 Å². The number of nitrogens with one attached hydrogen (secondary N) is 1. The normalized spacial score (nSPS) is 10.2. The molecule has 0 radical (unpaired) electrons. The molecule has 0 saturated heterocycles.